The van der Waals surface area contributed by atoms with Crippen molar-refractivity contribution in [3.05, 3.63) is 28.2 Å². The van der Waals surface area contributed by atoms with Crippen molar-refractivity contribution in [2.24, 2.45) is 5.73 Å². The molecule has 0 aliphatic heterocycles. The van der Waals surface area contributed by atoms with E-state index in [-0.39, 0.29) is 0 Å². The summed E-state index contributed by atoms with van der Waals surface area (Å²) < 4.78 is 0.947. The summed E-state index contributed by atoms with van der Waals surface area (Å²) in [7, 11) is 0. The van der Waals surface area contributed by atoms with Crippen LogP contribution in [0.3, 0.4) is 0 Å². The maximum absolute atomic E-state index is 5.79. The van der Waals surface area contributed by atoms with Gasteiger partial charge in [0.2, 0.25) is 0 Å². The standard InChI is InChI=1S/C15H23BrN2S/c1-3-4-5-6-8-11(2)18-13-10-7-9-12(16)14(13)15(17)19/h7,9-11,18H,3-6,8H2,1-2H3,(H2,17,19). The molecule has 0 radical (unpaired) electrons. The quantitative estimate of drug-likeness (QED) is 0.523. The molecule has 0 aromatic heterocycles. The molecule has 0 heterocycles. The van der Waals surface area contributed by atoms with E-state index in [0.29, 0.717) is 11.0 Å². The predicted molar refractivity (Wildman–Crippen MR) is 91.9 cm³/mol. The molecule has 1 aromatic carbocycles. The molecule has 2 nitrogen and oxygen atoms in total. The highest BCUT2D eigenvalue weighted by Crippen LogP contribution is 2.25. The number of unbranched alkanes of at least 4 members (excludes halogenated alkanes) is 3. The predicted octanol–water partition coefficient (Wildman–Crippen LogP) is 4.85. The largest absolute Gasteiger partial charge is 0.389 e. The second-order valence-electron chi connectivity index (χ2n) is 4.92. The van der Waals surface area contributed by atoms with Gasteiger partial charge in [0.15, 0.2) is 0 Å². The van der Waals surface area contributed by atoms with Crippen molar-refractivity contribution in [2.75, 3.05) is 5.32 Å². The third-order valence-corrected chi connectivity index (χ3v) is 4.02. The van der Waals surface area contributed by atoms with Gasteiger partial charge >= 0.3 is 0 Å². The van der Waals surface area contributed by atoms with Gasteiger partial charge in [-0.05, 0) is 41.4 Å². The van der Waals surface area contributed by atoms with Crippen molar-refractivity contribution >= 4 is 38.8 Å². The van der Waals surface area contributed by atoms with Crippen LogP contribution in [0.2, 0.25) is 0 Å². The van der Waals surface area contributed by atoms with E-state index in [2.05, 4.69) is 35.1 Å². The van der Waals surface area contributed by atoms with Gasteiger partial charge in [0.25, 0.3) is 0 Å². The number of hydrogen-bond donors (Lipinski definition) is 2. The normalized spacial score (nSPS) is 12.2. The average Bonchev–Trinajstić information content (AvgIpc) is 2.34. The summed E-state index contributed by atoms with van der Waals surface area (Å²) in [6.07, 6.45) is 6.34. The van der Waals surface area contributed by atoms with E-state index >= 15 is 0 Å². The average molecular weight is 343 g/mol. The molecule has 0 saturated heterocycles. The number of nitrogens with one attached hydrogen (secondary N) is 1. The Kier molecular flexibility index (Phi) is 7.39. The number of anilines is 1. The van der Waals surface area contributed by atoms with E-state index in [1.165, 1.54) is 32.1 Å². The second kappa shape index (κ2) is 8.54. The van der Waals surface area contributed by atoms with E-state index < -0.39 is 0 Å². The van der Waals surface area contributed by atoms with Crippen LogP contribution in [0.1, 0.15) is 51.5 Å². The molecular formula is C15H23BrN2S. The van der Waals surface area contributed by atoms with Gasteiger partial charge in [0, 0.05) is 21.8 Å². The molecule has 0 amide bonds. The van der Waals surface area contributed by atoms with Crippen LogP contribution in [-0.4, -0.2) is 11.0 Å². The van der Waals surface area contributed by atoms with Crippen LogP contribution >= 0.6 is 28.1 Å². The lowest BCUT2D eigenvalue weighted by Crippen LogP contribution is -2.19. The molecule has 0 spiro atoms. The molecule has 106 valence electrons. The molecule has 4 heteroatoms. The summed E-state index contributed by atoms with van der Waals surface area (Å²) in [5.74, 6) is 0. The Morgan fingerprint density at radius 3 is 2.74 bits per heavy atom. The van der Waals surface area contributed by atoms with Gasteiger partial charge < -0.3 is 11.1 Å². The van der Waals surface area contributed by atoms with Gasteiger partial charge in [0.05, 0.1) is 0 Å². The smallest absolute Gasteiger partial charge is 0.107 e. The van der Waals surface area contributed by atoms with E-state index in [1.807, 2.05) is 18.2 Å². The fourth-order valence-corrected chi connectivity index (χ4v) is 3.04. The van der Waals surface area contributed by atoms with Crippen LogP contribution in [0.5, 0.6) is 0 Å². The first-order valence-electron chi connectivity index (χ1n) is 6.91. The molecule has 0 bridgehead atoms. The number of thiocarbonyl (C=S) groups is 1. The van der Waals surface area contributed by atoms with Crippen LogP contribution < -0.4 is 11.1 Å². The summed E-state index contributed by atoms with van der Waals surface area (Å²) in [4.78, 5) is 0.424. The highest BCUT2D eigenvalue weighted by atomic mass is 79.9. The number of hydrogen-bond acceptors (Lipinski definition) is 2. The van der Waals surface area contributed by atoms with E-state index in [4.69, 9.17) is 18.0 Å². The van der Waals surface area contributed by atoms with Crippen LogP contribution in [-0.2, 0) is 0 Å². The topological polar surface area (TPSA) is 38.0 Å². The zero-order valence-electron chi connectivity index (χ0n) is 11.7. The Balaban J connectivity index is 2.61. The second-order valence-corrected chi connectivity index (χ2v) is 6.22. The van der Waals surface area contributed by atoms with Crippen LogP contribution in [0.15, 0.2) is 22.7 Å². The first-order chi connectivity index (χ1) is 9.06. The van der Waals surface area contributed by atoms with E-state index in [1.54, 1.807) is 0 Å². The fraction of sp³-hybridized carbons (Fsp3) is 0.533. The molecule has 0 aliphatic carbocycles. The molecule has 1 unspecified atom stereocenters. The Morgan fingerprint density at radius 2 is 2.11 bits per heavy atom. The van der Waals surface area contributed by atoms with Gasteiger partial charge in [0.1, 0.15) is 4.99 Å². The molecule has 0 fully saturated rings. The monoisotopic (exact) mass is 342 g/mol. The van der Waals surface area contributed by atoms with Crippen molar-refractivity contribution in [3.63, 3.8) is 0 Å². The molecule has 0 aliphatic rings. The maximum Gasteiger partial charge on any atom is 0.107 e. The Labute approximate surface area is 130 Å². The Hall–Kier alpha value is -0.610. The van der Waals surface area contributed by atoms with Crippen LogP contribution in [0.4, 0.5) is 5.69 Å². The molecule has 1 atom stereocenters. The van der Waals surface area contributed by atoms with E-state index in [9.17, 15) is 0 Å². The zero-order valence-corrected chi connectivity index (χ0v) is 14.1. The van der Waals surface area contributed by atoms with Crippen molar-refractivity contribution in [1.29, 1.82) is 0 Å². The third-order valence-electron chi connectivity index (χ3n) is 3.15. The molecule has 19 heavy (non-hydrogen) atoms. The van der Waals surface area contributed by atoms with Crippen LogP contribution in [0, 0.1) is 0 Å². The van der Waals surface area contributed by atoms with Gasteiger partial charge in [-0.25, -0.2) is 0 Å². The van der Waals surface area contributed by atoms with Gasteiger partial charge in [-0.2, -0.15) is 0 Å². The first kappa shape index (κ1) is 16.4. The SMILES string of the molecule is CCCCCCC(C)Nc1cccc(Br)c1C(N)=S. The summed E-state index contributed by atoms with van der Waals surface area (Å²) in [5.41, 5.74) is 7.71. The molecule has 3 N–H and O–H groups in total. The van der Waals surface area contributed by atoms with Gasteiger partial charge in [-0.3, -0.25) is 0 Å². The number of rotatable bonds is 8. The highest BCUT2D eigenvalue weighted by molar-refractivity contribution is 9.10. The minimum absolute atomic E-state index is 0.424. The summed E-state index contributed by atoms with van der Waals surface area (Å²) in [5, 5.41) is 3.51. The maximum atomic E-state index is 5.79. The van der Waals surface area contributed by atoms with E-state index in [0.717, 1.165) is 15.7 Å². The summed E-state index contributed by atoms with van der Waals surface area (Å²) in [6, 6.07) is 6.42. The summed E-state index contributed by atoms with van der Waals surface area (Å²) >= 11 is 8.62. The molecule has 1 rings (SSSR count). The van der Waals surface area contributed by atoms with Crippen molar-refractivity contribution in [1.82, 2.24) is 0 Å². The number of halogens is 1. The Bertz CT molecular complexity index is 421. The fourth-order valence-electron chi connectivity index (χ4n) is 2.11. The third kappa shape index (κ3) is 5.49. The number of nitrogens with two attached hydrogens (primary N) is 1. The lowest BCUT2D eigenvalue weighted by molar-refractivity contribution is 0.594. The van der Waals surface area contributed by atoms with Gasteiger partial charge in [-0.1, -0.05) is 50.9 Å². The summed E-state index contributed by atoms with van der Waals surface area (Å²) in [6.45, 7) is 4.44. The number of benzene rings is 1. The van der Waals surface area contributed by atoms with Crippen LogP contribution in [0.25, 0.3) is 0 Å². The Morgan fingerprint density at radius 1 is 1.37 bits per heavy atom. The molecular weight excluding hydrogens is 320 g/mol. The minimum atomic E-state index is 0.424. The first-order valence-corrected chi connectivity index (χ1v) is 8.11. The molecule has 1 aromatic rings. The van der Waals surface area contributed by atoms with Gasteiger partial charge in [-0.15, -0.1) is 0 Å². The lowest BCUT2D eigenvalue weighted by Gasteiger charge is -2.18. The van der Waals surface area contributed by atoms with Crippen molar-refractivity contribution in [3.8, 4) is 0 Å². The highest BCUT2D eigenvalue weighted by Gasteiger charge is 2.11. The van der Waals surface area contributed by atoms with Crippen molar-refractivity contribution in [2.45, 2.75) is 52.0 Å². The lowest BCUT2D eigenvalue weighted by atomic mass is 10.1. The van der Waals surface area contributed by atoms with Crippen molar-refractivity contribution < 1.29 is 0 Å². The molecule has 0 saturated carbocycles. The zero-order chi connectivity index (χ0) is 14.3. The minimum Gasteiger partial charge on any atom is -0.389 e.